The highest BCUT2D eigenvalue weighted by atomic mass is 79.9. The van der Waals surface area contributed by atoms with Gasteiger partial charge in [0.2, 0.25) is 0 Å². The van der Waals surface area contributed by atoms with Crippen molar-refractivity contribution in [1.82, 2.24) is 9.97 Å². The molecule has 1 heterocycles. The molecule has 1 aromatic rings. The normalized spacial score (nSPS) is 13.1. The van der Waals surface area contributed by atoms with E-state index in [1.54, 1.807) is 7.11 Å². The first-order valence-corrected chi connectivity index (χ1v) is 7.01. The molecule has 5 heteroatoms. The lowest BCUT2D eigenvalue weighted by molar-refractivity contribution is 0.0922. The molecule has 0 spiro atoms. The maximum Gasteiger partial charge on any atom is 0.144 e. The van der Waals surface area contributed by atoms with E-state index >= 15 is 0 Å². The number of hydrogen-bond donors (Lipinski definition) is 1. The van der Waals surface area contributed by atoms with Crippen LogP contribution in [0.5, 0.6) is 0 Å². The summed E-state index contributed by atoms with van der Waals surface area (Å²) in [7, 11) is 1.69. The third-order valence-electron chi connectivity index (χ3n) is 2.53. The average molecular weight is 319 g/mol. The van der Waals surface area contributed by atoms with Crippen molar-refractivity contribution in [2.24, 2.45) is 5.92 Å². The van der Waals surface area contributed by atoms with E-state index in [0.29, 0.717) is 10.6 Å². The van der Waals surface area contributed by atoms with E-state index in [2.05, 4.69) is 46.7 Å². The lowest BCUT2D eigenvalue weighted by Crippen LogP contribution is -2.10. The van der Waals surface area contributed by atoms with E-state index in [1.807, 2.05) is 0 Å². The molecule has 1 aromatic heterocycles. The summed E-state index contributed by atoms with van der Waals surface area (Å²) < 4.78 is 6.89. The summed E-state index contributed by atoms with van der Waals surface area (Å²) in [4.78, 5) is 7.71. The smallest absolute Gasteiger partial charge is 0.144 e. The van der Waals surface area contributed by atoms with Crippen LogP contribution in [-0.2, 0) is 11.2 Å². The number of halogens is 1. The van der Waals surface area contributed by atoms with E-state index in [4.69, 9.17) is 17.0 Å². The Bertz CT molecular complexity index is 427. The highest BCUT2D eigenvalue weighted by Gasteiger charge is 2.14. The summed E-state index contributed by atoms with van der Waals surface area (Å²) in [5.41, 5.74) is 1.10. The Morgan fingerprint density at radius 1 is 1.47 bits per heavy atom. The number of nitrogens with zero attached hydrogens (tertiary/aromatic N) is 1. The fourth-order valence-corrected chi connectivity index (χ4v) is 2.27. The molecular weight excluding hydrogens is 300 g/mol. The zero-order valence-corrected chi connectivity index (χ0v) is 13.1. The van der Waals surface area contributed by atoms with Gasteiger partial charge in [0, 0.05) is 12.8 Å². The highest BCUT2D eigenvalue weighted by molar-refractivity contribution is 9.10. The number of methoxy groups -OCH3 is 1. The number of aromatic nitrogens is 2. The second kappa shape index (κ2) is 6.61. The van der Waals surface area contributed by atoms with Gasteiger partial charge in [-0.1, -0.05) is 33.0 Å². The number of ether oxygens (including phenoxy) is 1. The van der Waals surface area contributed by atoms with Crippen molar-refractivity contribution in [3.05, 3.63) is 20.6 Å². The predicted molar refractivity (Wildman–Crippen MR) is 75.7 cm³/mol. The molecule has 1 unspecified atom stereocenters. The lowest BCUT2D eigenvalue weighted by Gasteiger charge is -2.15. The first kappa shape index (κ1) is 14.8. The zero-order valence-electron chi connectivity index (χ0n) is 10.7. The molecule has 0 aliphatic rings. The number of H-pyrrole nitrogens is 1. The van der Waals surface area contributed by atoms with Gasteiger partial charge in [-0.15, -0.1) is 0 Å². The van der Waals surface area contributed by atoms with Crippen molar-refractivity contribution in [3.63, 3.8) is 0 Å². The number of nitrogens with one attached hydrogen (secondary N) is 1. The summed E-state index contributed by atoms with van der Waals surface area (Å²) in [6.07, 6.45) is 1.80. The Hall–Kier alpha value is -0.260. The molecule has 0 fully saturated rings. The first-order chi connectivity index (χ1) is 7.99. The van der Waals surface area contributed by atoms with E-state index in [9.17, 15) is 0 Å². The van der Waals surface area contributed by atoms with Gasteiger partial charge < -0.3 is 9.72 Å². The molecule has 0 aliphatic heterocycles. The fourth-order valence-electron chi connectivity index (χ4n) is 1.70. The maximum absolute atomic E-state index is 5.39. The monoisotopic (exact) mass is 318 g/mol. The van der Waals surface area contributed by atoms with Crippen LogP contribution in [0.3, 0.4) is 0 Å². The summed E-state index contributed by atoms with van der Waals surface area (Å²) >= 11 is 8.76. The Balaban J connectivity index is 3.18. The minimum absolute atomic E-state index is 0.0179. The van der Waals surface area contributed by atoms with Crippen LogP contribution in [0.25, 0.3) is 0 Å². The molecule has 0 amide bonds. The largest absolute Gasteiger partial charge is 0.374 e. The molecule has 0 saturated heterocycles. The topological polar surface area (TPSA) is 37.9 Å². The summed E-state index contributed by atoms with van der Waals surface area (Å²) in [5.74, 6) is 1.38. The van der Waals surface area contributed by atoms with E-state index in [1.165, 1.54) is 0 Å². The van der Waals surface area contributed by atoms with E-state index < -0.39 is 0 Å². The highest BCUT2D eigenvalue weighted by Crippen LogP contribution is 2.23. The Morgan fingerprint density at radius 3 is 2.59 bits per heavy atom. The molecular formula is C12H19BrN2OS. The standard InChI is InChI=1S/C12H19BrN2OS/c1-5-9(16-4)11-14-8(6-7(2)3)10(13)12(17)15-11/h7,9H,5-6H2,1-4H3,(H,14,15,17). The van der Waals surface area contributed by atoms with Crippen molar-refractivity contribution in [2.75, 3.05) is 7.11 Å². The SMILES string of the molecule is CCC(OC)c1nc(=S)c(Br)c(CC(C)C)[nH]1. The van der Waals surface area contributed by atoms with E-state index in [-0.39, 0.29) is 6.10 Å². The first-order valence-electron chi connectivity index (χ1n) is 5.80. The molecule has 0 aromatic carbocycles. The van der Waals surface area contributed by atoms with Crippen molar-refractivity contribution in [1.29, 1.82) is 0 Å². The maximum atomic E-state index is 5.39. The van der Waals surface area contributed by atoms with Gasteiger partial charge in [-0.2, -0.15) is 0 Å². The fraction of sp³-hybridized carbons (Fsp3) is 0.667. The average Bonchev–Trinajstić information content (AvgIpc) is 2.26. The number of rotatable bonds is 5. The molecule has 0 bridgehead atoms. The van der Waals surface area contributed by atoms with Crippen molar-refractivity contribution < 1.29 is 4.74 Å². The molecule has 1 atom stereocenters. The van der Waals surface area contributed by atoms with Gasteiger partial charge in [-0.05, 0) is 34.7 Å². The molecule has 0 aliphatic carbocycles. The molecule has 0 radical (unpaired) electrons. The Labute approximate surface area is 116 Å². The van der Waals surface area contributed by atoms with Crippen molar-refractivity contribution >= 4 is 28.1 Å². The minimum Gasteiger partial charge on any atom is -0.374 e. The lowest BCUT2D eigenvalue weighted by atomic mass is 10.1. The molecule has 1 N–H and O–H groups in total. The molecule has 96 valence electrons. The third-order valence-corrected chi connectivity index (χ3v) is 3.94. The van der Waals surface area contributed by atoms with Crippen LogP contribution in [0.15, 0.2) is 4.47 Å². The van der Waals surface area contributed by atoms with Crippen molar-refractivity contribution in [2.45, 2.75) is 39.7 Å². The van der Waals surface area contributed by atoms with Gasteiger partial charge in [0.15, 0.2) is 0 Å². The quantitative estimate of drug-likeness (QED) is 0.827. The second-order valence-corrected chi connectivity index (χ2v) is 5.63. The van der Waals surface area contributed by atoms with E-state index in [0.717, 1.165) is 28.8 Å². The van der Waals surface area contributed by atoms with Gasteiger partial charge in [-0.3, -0.25) is 0 Å². The second-order valence-electron chi connectivity index (χ2n) is 4.45. The van der Waals surface area contributed by atoms with Crippen LogP contribution >= 0.6 is 28.1 Å². The third kappa shape index (κ3) is 3.86. The van der Waals surface area contributed by atoms with Crippen LogP contribution in [-0.4, -0.2) is 17.1 Å². The van der Waals surface area contributed by atoms with Gasteiger partial charge in [0.05, 0.1) is 4.47 Å². The molecule has 0 saturated carbocycles. The summed E-state index contributed by atoms with van der Waals surface area (Å²) in [5, 5.41) is 0. The Morgan fingerprint density at radius 2 is 2.12 bits per heavy atom. The molecule has 17 heavy (non-hydrogen) atoms. The van der Waals surface area contributed by atoms with Gasteiger partial charge in [0.25, 0.3) is 0 Å². The Kier molecular flexibility index (Phi) is 5.76. The summed E-state index contributed by atoms with van der Waals surface area (Å²) in [6, 6.07) is 0. The van der Waals surface area contributed by atoms with Gasteiger partial charge in [0.1, 0.15) is 16.6 Å². The number of hydrogen-bond acceptors (Lipinski definition) is 3. The van der Waals surface area contributed by atoms with Gasteiger partial charge >= 0.3 is 0 Å². The van der Waals surface area contributed by atoms with Crippen molar-refractivity contribution in [3.8, 4) is 0 Å². The zero-order chi connectivity index (χ0) is 13.0. The van der Waals surface area contributed by atoms with Crippen LogP contribution in [0.4, 0.5) is 0 Å². The molecule has 1 rings (SSSR count). The van der Waals surface area contributed by atoms with Crippen LogP contribution in [0, 0.1) is 10.6 Å². The predicted octanol–water partition coefficient (Wildman–Crippen LogP) is 4.20. The minimum atomic E-state index is -0.0179. The number of aromatic amines is 1. The van der Waals surface area contributed by atoms with Crippen LogP contribution in [0.2, 0.25) is 0 Å². The summed E-state index contributed by atoms with van der Waals surface area (Å²) in [6.45, 7) is 6.42. The molecule has 3 nitrogen and oxygen atoms in total. The van der Waals surface area contributed by atoms with Gasteiger partial charge in [-0.25, -0.2) is 4.98 Å². The van der Waals surface area contributed by atoms with Crippen LogP contribution < -0.4 is 0 Å². The van der Waals surface area contributed by atoms with Crippen LogP contribution in [0.1, 0.15) is 44.8 Å².